The summed E-state index contributed by atoms with van der Waals surface area (Å²) in [6, 6.07) is -1.05. The minimum absolute atomic E-state index is 0.0905. The molecule has 0 aliphatic carbocycles. The van der Waals surface area contributed by atoms with Crippen LogP contribution in [0.5, 0.6) is 0 Å². The molecule has 0 aliphatic heterocycles. The van der Waals surface area contributed by atoms with Gasteiger partial charge in [0.2, 0.25) is 0 Å². The van der Waals surface area contributed by atoms with Crippen molar-refractivity contribution >= 4 is 26.7 Å². The predicted octanol–water partition coefficient (Wildman–Crippen LogP) is -0.413. The average Bonchev–Trinajstić information content (AvgIpc) is 1.95. The van der Waals surface area contributed by atoms with Crippen LogP contribution in [0.25, 0.3) is 0 Å². The molecule has 0 radical (unpaired) electrons. The van der Waals surface area contributed by atoms with Crippen LogP contribution in [0.2, 0.25) is 0 Å². The molecule has 0 aromatic heterocycles. The Morgan fingerprint density at radius 1 is 1.47 bits per heavy atom. The summed E-state index contributed by atoms with van der Waals surface area (Å²) < 4.78 is 33.7. The molecule has 0 saturated heterocycles. The molecule has 0 heterocycles. The summed E-state index contributed by atoms with van der Waals surface area (Å²) in [5.41, 5.74) is 5.23. The highest BCUT2D eigenvalue weighted by Gasteiger charge is 2.22. The van der Waals surface area contributed by atoms with Crippen molar-refractivity contribution in [3.8, 4) is 0 Å². The fourth-order valence-electron chi connectivity index (χ4n) is 0.801. The van der Waals surface area contributed by atoms with E-state index in [1.807, 2.05) is 0 Å². The minimum Gasteiger partial charge on any atom is -0.480 e. The molecule has 4 N–H and O–H groups in total. The van der Waals surface area contributed by atoms with Crippen molar-refractivity contribution in [2.24, 2.45) is 5.73 Å². The summed E-state index contributed by atoms with van der Waals surface area (Å²) >= 11 is 0. The van der Waals surface area contributed by atoms with E-state index in [1.165, 1.54) is 12.5 Å². The highest BCUT2D eigenvalue weighted by atomic mass is 32.3. The predicted molar refractivity (Wildman–Crippen MR) is 57.2 cm³/mol. The van der Waals surface area contributed by atoms with Crippen molar-refractivity contribution in [3.63, 3.8) is 0 Å². The van der Waals surface area contributed by atoms with Crippen LogP contribution in [-0.4, -0.2) is 48.4 Å². The smallest absolute Gasteiger partial charge is 0.406 e. The zero-order valence-corrected chi connectivity index (χ0v) is 10.0. The van der Waals surface area contributed by atoms with Crippen LogP contribution in [0, 0.1) is 0 Å². The van der Waals surface area contributed by atoms with E-state index in [2.05, 4.69) is 3.63 Å². The molecule has 0 bridgehead atoms. The largest absolute Gasteiger partial charge is 0.480 e. The van der Waals surface area contributed by atoms with E-state index >= 15 is 0 Å². The van der Waals surface area contributed by atoms with Gasteiger partial charge in [-0.2, -0.15) is 12.0 Å². The van der Waals surface area contributed by atoms with Gasteiger partial charge in [-0.15, -0.1) is 10.3 Å². The molecule has 92 valence electrons. The van der Waals surface area contributed by atoms with Crippen molar-refractivity contribution in [2.45, 2.75) is 12.5 Å². The van der Waals surface area contributed by atoms with Crippen molar-refractivity contribution in [2.75, 3.05) is 18.3 Å². The van der Waals surface area contributed by atoms with Crippen molar-refractivity contribution in [1.82, 2.24) is 0 Å². The third kappa shape index (κ3) is 7.56. The molecule has 0 fully saturated rings. The number of hydrogen-bond acceptors (Lipinski definition) is 5. The van der Waals surface area contributed by atoms with Gasteiger partial charge in [0, 0.05) is 5.75 Å². The second-order valence-corrected chi connectivity index (χ2v) is 8.05. The van der Waals surface area contributed by atoms with Crippen LogP contribution in [-0.2, 0) is 18.8 Å². The number of aliphatic carboxylic acids is 1. The van der Waals surface area contributed by atoms with E-state index < -0.39 is 32.7 Å². The molecule has 1 atom stereocenters. The highest BCUT2D eigenvalue weighted by molar-refractivity contribution is 8.31. The maximum atomic E-state index is 10.4. The number of rotatable bonds is 6. The Hall–Kier alpha value is -0.350. The zero-order chi connectivity index (χ0) is 12.3. The first-order chi connectivity index (χ1) is 6.53. The quantitative estimate of drug-likeness (QED) is 0.554. The van der Waals surface area contributed by atoms with E-state index in [4.69, 9.17) is 15.4 Å². The molecule has 0 aromatic carbocycles. The molecule has 0 spiro atoms. The molecule has 0 aromatic rings. The van der Waals surface area contributed by atoms with Gasteiger partial charge in [0.15, 0.2) is 0 Å². The van der Waals surface area contributed by atoms with Crippen molar-refractivity contribution in [3.05, 3.63) is 0 Å². The van der Waals surface area contributed by atoms with Crippen LogP contribution in [0.1, 0.15) is 6.42 Å². The van der Waals surface area contributed by atoms with Gasteiger partial charge in [0.25, 0.3) is 0 Å². The summed E-state index contributed by atoms with van der Waals surface area (Å²) in [5.74, 6) is -0.975. The van der Waals surface area contributed by atoms with Crippen LogP contribution < -0.4 is 5.73 Å². The monoisotopic (exact) mass is 261 g/mol. The lowest BCUT2D eigenvalue weighted by Crippen LogP contribution is -2.31. The Bertz CT molecular complexity index is 325. The molecule has 7 nitrogen and oxygen atoms in total. The van der Waals surface area contributed by atoms with E-state index in [9.17, 15) is 13.2 Å². The van der Waals surface area contributed by atoms with Crippen molar-refractivity contribution < 1.29 is 26.5 Å². The number of nitrogens with two attached hydrogens (primary N) is 1. The molecule has 15 heavy (non-hydrogen) atoms. The molecule has 0 saturated carbocycles. The molecular weight excluding hydrogens is 246 g/mol. The van der Waals surface area contributed by atoms with E-state index in [0.717, 1.165) is 0 Å². The molecule has 0 amide bonds. The molecule has 0 rings (SSSR count). The number of hydrogen-bond donors (Lipinski definition) is 3. The van der Waals surface area contributed by atoms with Gasteiger partial charge in [-0.05, 0) is 18.9 Å². The maximum Gasteiger partial charge on any atom is 0.406 e. The van der Waals surface area contributed by atoms with Crippen LogP contribution >= 0.6 is 10.3 Å². The normalized spacial score (nSPS) is 16.0. The number of carboxylic acids is 1. The van der Waals surface area contributed by atoms with Crippen LogP contribution in [0.3, 0.4) is 0 Å². The number of carbonyl (C=O) groups is 1. The Morgan fingerprint density at radius 3 is 2.27 bits per heavy atom. The molecule has 0 aliphatic rings. The summed E-state index contributed by atoms with van der Waals surface area (Å²) in [4.78, 5) is 10.4. The van der Waals surface area contributed by atoms with Gasteiger partial charge in [-0.1, -0.05) is 0 Å². The molecule has 0 unspecified atom stereocenters. The lowest BCUT2D eigenvalue weighted by atomic mass is 10.2. The third-order valence-corrected chi connectivity index (χ3v) is 4.89. The second-order valence-electron chi connectivity index (χ2n) is 3.37. The lowest BCUT2D eigenvalue weighted by Gasteiger charge is -2.28. The van der Waals surface area contributed by atoms with Gasteiger partial charge in [-0.3, -0.25) is 9.35 Å². The topological polar surface area (TPSA) is 127 Å². The Labute approximate surface area is 90.1 Å². The van der Waals surface area contributed by atoms with Gasteiger partial charge >= 0.3 is 16.4 Å². The fourth-order valence-corrected chi connectivity index (χ4v) is 3.76. The first kappa shape index (κ1) is 14.6. The van der Waals surface area contributed by atoms with E-state index in [-0.39, 0.29) is 12.2 Å². The Morgan fingerprint density at radius 2 is 1.93 bits per heavy atom. The standard InChI is InChI=1S/C6H15NO6S2/c1-14(2,13-15(10,11)12)4-3-5(7)6(8)9/h5H,3-4,7H2,1-2H3,(H,8,9)(H,10,11,12)/t5-/m0/s1. The Kier molecular flexibility index (Phi) is 5.00. The zero-order valence-electron chi connectivity index (χ0n) is 8.41. The second kappa shape index (κ2) is 5.12. The number of carboxylic acid groups (broad SMARTS) is 1. The highest BCUT2D eigenvalue weighted by Crippen LogP contribution is 2.43. The van der Waals surface area contributed by atoms with Gasteiger partial charge < -0.3 is 10.8 Å². The summed E-state index contributed by atoms with van der Waals surface area (Å²) in [7, 11) is -6.55. The summed E-state index contributed by atoms with van der Waals surface area (Å²) in [6.07, 6.45) is 3.08. The third-order valence-electron chi connectivity index (χ3n) is 1.51. The minimum atomic E-state index is -4.50. The average molecular weight is 261 g/mol. The van der Waals surface area contributed by atoms with E-state index in [1.54, 1.807) is 0 Å². The van der Waals surface area contributed by atoms with Gasteiger partial charge in [-0.25, -0.2) is 0 Å². The fraction of sp³-hybridized carbons (Fsp3) is 0.833. The van der Waals surface area contributed by atoms with E-state index in [0.29, 0.717) is 0 Å². The SMILES string of the molecule is CS(C)(CC[C@H](N)C(=O)O)OS(=O)(=O)O. The molecular formula is C6H15NO6S2. The Balaban J connectivity index is 4.22. The lowest BCUT2D eigenvalue weighted by molar-refractivity contribution is -0.138. The van der Waals surface area contributed by atoms with Crippen LogP contribution in [0.4, 0.5) is 0 Å². The molecule has 9 heteroatoms. The van der Waals surface area contributed by atoms with Crippen LogP contribution in [0.15, 0.2) is 0 Å². The summed E-state index contributed by atoms with van der Waals surface area (Å²) in [5, 5.41) is 8.49. The van der Waals surface area contributed by atoms with Crippen molar-refractivity contribution in [1.29, 1.82) is 0 Å². The maximum absolute atomic E-state index is 10.4. The first-order valence-corrected chi connectivity index (χ1v) is 7.82. The first-order valence-electron chi connectivity index (χ1n) is 3.91. The summed E-state index contributed by atoms with van der Waals surface area (Å²) in [6.45, 7) is 0. The van der Waals surface area contributed by atoms with Gasteiger partial charge in [0.05, 0.1) is 0 Å². The van der Waals surface area contributed by atoms with Gasteiger partial charge in [0.1, 0.15) is 6.04 Å².